The van der Waals surface area contributed by atoms with Gasteiger partial charge in [-0.1, -0.05) is 48.0 Å². The van der Waals surface area contributed by atoms with Gasteiger partial charge in [-0.15, -0.1) is 11.3 Å². The summed E-state index contributed by atoms with van der Waals surface area (Å²) in [5, 5.41) is 13.1. The molecule has 0 bridgehead atoms. The first kappa shape index (κ1) is 24.1. The number of hydrogen-bond acceptors (Lipinski definition) is 6. The third-order valence-electron chi connectivity index (χ3n) is 5.95. The van der Waals surface area contributed by atoms with Gasteiger partial charge in [-0.25, -0.2) is 8.42 Å². The van der Waals surface area contributed by atoms with E-state index in [0.29, 0.717) is 10.6 Å². The number of nitrogens with zero attached hydrogens (tertiary/aromatic N) is 2. The van der Waals surface area contributed by atoms with E-state index in [4.69, 9.17) is 0 Å². The first-order valence-electron chi connectivity index (χ1n) is 11.3. The topological polar surface area (TPSA) is 90.3 Å². The summed E-state index contributed by atoms with van der Waals surface area (Å²) in [6.07, 6.45) is 1.07. The Morgan fingerprint density at radius 3 is 2.59 bits per heavy atom. The van der Waals surface area contributed by atoms with Gasteiger partial charge >= 0.3 is 0 Å². The molecule has 2 aromatic carbocycles. The smallest absolute Gasteiger partial charge is 0.225 e. The number of carbonyl (C=O) groups excluding carboxylic acids is 1. The summed E-state index contributed by atoms with van der Waals surface area (Å²) in [6.45, 7) is 4.35. The molecule has 6 nitrogen and oxygen atoms in total. The highest BCUT2D eigenvalue weighted by Crippen LogP contribution is 2.37. The Hall–Kier alpha value is -2.99. The zero-order valence-electron chi connectivity index (χ0n) is 19.1. The van der Waals surface area contributed by atoms with Crippen molar-refractivity contribution in [3.8, 4) is 6.07 Å². The predicted molar refractivity (Wildman–Crippen MR) is 134 cm³/mol. The zero-order valence-corrected chi connectivity index (χ0v) is 20.7. The molecule has 176 valence electrons. The molecule has 34 heavy (non-hydrogen) atoms. The molecule has 1 aliphatic rings. The molecule has 0 fully saturated rings. The number of anilines is 1. The van der Waals surface area contributed by atoms with Crippen LogP contribution in [0.4, 0.5) is 5.00 Å². The van der Waals surface area contributed by atoms with E-state index in [1.54, 1.807) is 24.3 Å². The van der Waals surface area contributed by atoms with Crippen molar-refractivity contribution in [2.24, 2.45) is 0 Å². The SMILES string of the molecule is Cc1ccc(S(=O)(=O)CCCC(=O)Nc2sc3c(c2C#N)CCN(Cc2ccccc2)C3)cc1. The minimum absolute atomic E-state index is 0.0820. The van der Waals surface area contributed by atoms with Crippen LogP contribution in [-0.2, 0) is 34.1 Å². The minimum atomic E-state index is -3.43. The van der Waals surface area contributed by atoms with E-state index in [0.717, 1.165) is 42.1 Å². The largest absolute Gasteiger partial charge is 0.317 e. The minimum Gasteiger partial charge on any atom is -0.317 e. The van der Waals surface area contributed by atoms with Gasteiger partial charge in [0.1, 0.15) is 11.1 Å². The number of carbonyl (C=O) groups is 1. The number of sulfone groups is 1. The number of nitriles is 1. The molecule has 4 rings (SSSR count). The van der Waals surface area contributed by atoms with Crippen LogP contribution in [0.25, 0.3) is 0 Å². The van der Waals surface area contributed by atoms with Crippen LogP contribution in [0, 0.1) is 18.3 Å². The fourth-order valence-electron chi connectivity index (χ4n) is 4.11. The average molecular weight is 494 g/mol. The molecule has 3 aromatic rings. The van der Waals surface area contributed by atoms with E-state index in [1.165, 1.54) is 16.9 Å². The van der Waals surface area contributed by atoms with Gasteiger partial charge in [-0.2, -0.15) is 5.26 Å². The number of fused-ring (bicyclic) bond motifs is 1. The molecule has 0 saturated carbocycles. The summed E-state index contributed by atoms with van der Waals surface area (Å²) < 4.78 is 25.0. The fraction of sp³-hybridized carbons (Fsp3) is 0.308. The van der Waals surface area contributed by atoms with Crippen LogP contribution in [0.2, 0.25) is 0 Å². The van der Waals surface area contributed by atoms with Gasteiger partial charge in [0.15, 0.2) is 9.84 Å². The maximum Gasteiger partial charge on any atom is 0.225 e. The lowest BCUT2D eigenvalue weighted by molar-refractivity contribution is -0.116. The Morgan fingerprint density at radius 1 is 1.15 bits per heavy atom. The molecule has 1 aromatic heterocycles. The summed E-state index contributed by atoms with van der Waals surface area (Å²) in [5.41, 5.74) is 3.81. The Kier molecular flexibility index (Phi) is 7.47. The highest BCUT2D eigenvalue weighted by molar-refractivity contribution is 7.91. The molecule has 0 saturated heterocycles. The number of benzene rings is 2. The van der Waals surface area contributed by atoms with Gasteiger partial charge < -0.3 is 5.32 Å². The molecular weight excluding hydrogens is 466 g/mol. The van der Waals surface area contributed by atoms with Crippen molar-refractivity contribution in [2.75, 3.05) is 17.6 Å². The number of hydrogen-bond donors (Lipinski definition) is 1. The van der Waals surface area contributed by atoms with Crippen molar-refractivity contribution >= 4 is 32.1 Å². The summed E-state index contributed by atoms with van der Waals surface area (Å²) in [7, 11) is -3.43. The quantitative estimate of drug-likeness (QED) is 0.492. The summed E-state index contributed by atoms with van der Waals surface area (Å²) >= 11 is 1.45. The zero-order chi connectivity index (χ0) is 24.1. The van der Waals surface area contributed by atoms with E-state index in [1.807, 2.05) is 25.1 Å². The Bertz CT molecular complexity index is 1310. The van der Waals surface area contributed by atoms with Gasteiger partial charge in [-0.05, 0) is 43.0 Å². The van der Waals surface area contributed by atoms with Crippen molar-refractivity contribution in [2.45, 2.75) is 44.2 Å². The third kappa shape index (κ3) is 5.73. The molecule has 2 heterocycles. The molecule has 1 N–H and O–H groups in total. The van der Waals surface area contributed by atoms with Crippen molar-refractivity contribution in [1.82, 2.24) is 4.90 Å². The van der Waals surface area contributed by atoms with Crippen molar-refractivity contribution in [1.29, 1.82) is 5.26 Å². The van der Waals surface area contributed by atoms with Gasteiger partial charge in [-0.3, -0.25) is 9.69 Å². The van der Waals surface area contributed by atoms with Gasteiger partial charge in [0.25, 0.3) is 0 Å². The van der Waals surface area contributed by atoms with Crippen LogP contribution >= 0.6 is 11.3 Å². The van der Waals surface area contributed by atoms with Gasteiger partial charge in [0.05, 0.1) is 16.2 Å². The van der Waals surface area contributed by atoms with E-state index in [-0.39, 0.29) is 29.4 Å². The first-order chi connectivity index (χ1) is 16.4. The standard InChI is InChI=1S/C26H27N3O3S2/c1-19-9-11-21(12-10-19)34(31,32)15-5-8-25(30)28-26-23(16-27)22-13-14-29(18-24(22)33-26)17-20-6-3-2-4-7-20/h2-4,6-7,9-12H,5,8,13-15,17-18H2,1H3,(H,28,30). The highest BCUT2D eigenvalue weighted by atomic mass is 32.2. The molecular formula is C26H27N3O3S2. The maximum absolute atomic E-state index is 12.5. The van der Waals surface area contributed by atoms with Crippen LogP contribution in [-0.4, -0.2) is 31.5 Å². The monoisotopic (exact) mass is 493 g/mol. The lowest BCUT2D eigenvalue weighted by Crippen LogP contribution is -2.29. The van der Waals surface area contributed by atoms with Crippen molar-refractivity contribution in [3.63, 3.8) is 0 Å². The summed E-state index contributed by atoms with van der Waals surface area (Å²) in [6, 6.07) is 19.3. The summed E-state index contributed by atoms with van der Waals surface area (Å²) in [4.78, 5) is 16.3. The van der Waals surface area contributed by atoms with E-state index in [2.05, 4.69) is 28.4 Å². The third-order valence-corrected chi connectivity index (χ3v) is 8.90. The number of thiophene rings is 1. The molecule has 0 unspecified atom stereocenters. The average Bonchev–Trinajstić information content (AvgIpc) is 3.15. The molecule has 8 heteroatoms. The summed E-state index contributed by atoms with van der Waals surface area (Å²) in [5.74, 6) is -0.361. The molecule has 1 aliphatic heterocycles. The Balaban J connectivity index is 1.35. The van der Waals surface area contributed by atoms with Crippen molar-refractivity contribution in [3.05, 3.63) is 81.7 Å². The molecule has 0 aliphatic carbocycles. The number of nitrogens with one attached hydrogen (secondary N) is 1. The van der Waals surface area contributed by atoms with Crippen LogP contribution < -0.4 is 5.32 Å². The number of amides is 1. The highest BCUT2D eigenvalue weighted by Gasteiger charge is 2.25. The Morgan fingerprint density at radius 2 is 1.88 bits per heavy atom. The Labute approximate surface area is 204 Å². The second-order valence-corrected chi connectivity index (χ2v) is 11.8. The lowest BCUT2D eigenvalue weighted by atomic mass is 10.0. The maximum atomic E-state index is 12.5. The lowest BCUT2D eigenvalue weighted by Gasteiger charge is -2.26. The van der Waals surface area contributed by atoms with E-state index >= 15 is 0 Å². The predicted octanol–water partition coefficient (Wildman–Crippen LogP) is 4.68. The second-order valence-electron chi connectivity index (χ2n) is 8.55. The van der Waals surface area contributed by atoms with Crippen LogP contribution in [0.5, 0.6) is 0 Å². The van der Waals surface area contributed by atoms with Crippen LogP contribution in [0.3, 0.4) is 0 Å². The fourth-order valence-corrected chi connectivity index (χ4v) is 6.68. The first-order valence-corrected chi connectivity index (χ1v) is 13.7. The van der Waals surface area contributed by atoms with Gasteiger partial charge in [0.2, 0.25) is 5.91 Å². The molecule has 0 spiro atoms. The van der Waals surface area contributed by atoms with E-state index in [9.17, 15) is 18.5 Å². The normalized spacial score (nSPS) is 13.8. The van der Waals surface area contributed by atoms with Crippen molar-refractivity contribution < 1.29 is 13.2 Å². The van der Waals surface area contributed by atoms with Crippen LogP contribution in [0.1, 0.15) is 40.0 Å². The van der Waals surface area contributed by atoms with E-state index < -0.39 is 9.84 Å². The second kappa shape index (κ2) is 10.5. The number of rotatable bonds is 8. The van der Waals surface area contributed by atoms with Crippen LogP contribution in [0.15, 0.2) is 59.5 Å². The molecule has 1 amide bonds. The number of aryl methyl sites for hydroxylation is 1. The molecule has 0 radical (unpaired) electrons. The molecule has 0 atom stereocenters. The van der Waals surface area contributed by atoms with Gasteiger partial charge in [0, 0.05) is 30.9 Å².